The fourth-order valence-electron chi connectivity index (χ4n) is 3.41. The van der Waals surface area contributed by atoms with Crippen LogP contribution >= 0.6 is 0 Å². The molecule has 0 N–H and O–H groups in total. The van der Waals surface area contributed by atoms with Crippen molar-refractivity contribution in [1.82, 2.24) is 9.88 Å². The minimum atomic E-state index is -3.08. The van der Waals surface area contributed by atoms with Gasteiger partial charge < -0.3 is 4.90 Å². The number of alkyl halides is 2. The molecule has 144 valence electrons. The lowest BCUT2D eigenvalue weighted by atomic mass is 9.93. The first-order chi connectivity index (χ1) is 13.3. The lowest BCUT2D eigenvalue weighted by Gasteiger charge is -2.23. The number of amides is 1. The fraction of sp³-hybridized carbons (Fsp3) is 0.333. The van der Waals surface area contributed by atoms with E-state index < -0.39 is 36.8 Å². The maximum Gasteiger partial charge on any atom is 0.268 e. The number of Topliss-reactive ketones (excluding diaryl/α,β-unsaturated/α-hetero) is 1. The number of nitriles is 1. The van der Waals surface area contributed by atoms with E-state index in [0.29, 0.717) is 11.1 Å². The normalized spacial score (nSPS) is 19.1. The molecular weight excluding hydrogens is 364 g/mol. The zero-order chi connectivity index (χ0) is 20.3. The maximum atomic E-state index is 13.6. The first-order valence-electron chi connectivity index (χ1n) is 8.93. The lowest BCUT2D eigenvalue weighted by Crippen LogP contribution is -2.39. The summed E-state index contributed by atoms with van der Waals surface area (Å²) in [5.74, 6) is -4.77. The van der Waals surface area contributed by atoms with E-state index in [1.807, 2.05) is 30.3 Å². The second-order valence-electron chi connectivity index (χ2n) is 6.99. The zero-order valence-corrected chi connectivity index (χ0v) is 15.3. The molecule has 0 unspecified atom stereocenters. The largest absolute Gasteiger partial charge is 0.320 e. The van der Waals surface area contributed by atoms with Crippen LogP contribution in [0.3, 0.4) is 0 Å². The van der Waals surface area contributed by atoms with Crippen LogP contribution < -0.4 is 0 Å². The average molecular weight is 383 g/mol. The third kappa shape index (κ3) is 4.06. The molecule has 5 nitrogen and oxygen atoms in total. The van der Waals surface area contributed by atoms with Crippen LogP contribution in [0.15, 0.2) is 48.8 Å². The number of pyridine rings is 1. The lowest BCUT2D eigenvalue weighted by molar-refractivity contribution is -0.136. The molecule has 1 amide bonds. The van der Waals surface area contributed by atoms with Gasteiger partial charge in [-0.25, -0.2) is 8.78 Å². The molecule has 1 aliphatic rings. The Morgan fingerprint density at radius 2 is 2.04 bits per heavy atom. The highest BCUT2D eigenvalue weighted by Crippen LogP contribution is 2.33. The standard InChI is InChI=1S/C21H19F2N3O2/c1-14(20(28)26-13-21(22,23)10-16(26)11-24)9-19(27)17-7-8-25-12-18(17)15-5-3-2-4-6-15/h2-8,12,14,16H,9-10,13H2,1H3/t14-,16-/m0/s1. The van der Waals surface area contributed by atoms with Crippen LogP contribution in [0.1, 0.15) is 30.1 Å². The number of hydrogen-bond acceptors (Lipinski definition) is 4. The van der Waals surface area contributed by atoms with Crippen molar-refractivity contribution in [2.24, 2.45) is 5.92 Å². The Hall–Kier alpha value is -3.14. The number of carbonyl (C=O) groups is 2. The van der Waals surface area contributed by atoms with Gasteiger partial charge in [0.25, 0.3) is 5.92 Å². The predicted octanol–water partition coefficient (Wildman–Crippen LogP) is 3.72. The number of benzene rings is 1. The first-order valence-corrected chi connectivity index (χ1v) is 8.93. The summed E-state index contributed by atoms with van der Waals surface area (Å²) in [6.07, 6.45) is 2.28. The van der Waals surface area contributed by atoms with Crippen molar-refractivity contribution in [3.63, 3.8) is 0 Å². The Morgan fingerprint density at radius 3 is 2.71 bits per heavy atom. The molecule has 2 aromatic rings. The Labute approximate surface area is 161 Å². The monoisotopic (exact) mass is 383 g/mol. The molecule has 0 spiro atoms. The van der Waals surface area contributed by atoms with Gasteiger partial charge in [0.1, 0.15) is 6.04 Å². The van der Waals surface area contributed by atoms with Crippen LogP contribution in [0, 0.1) is 17.2 Å². The number of nitrogens with zero attached hydrogens (tertiary/aromatic N) is 3. The van der Waals surface area contributed by atoms with Gasteiger partial charge in [-0.15, -0.1) is 0 Å². The van der Waals surface area contributed by atoms with Gasteiger partial charge in [0.15, 0.2) is 5.78 Å². The molecule has 0 aliphatic carbocycles. The molecule has 1 aliphatic heterocycles. The number of likely N-dealkylation sites (tertiary alicyclic amines) is 1. The van der Waals surface area contributed by atoms with Crippen LogP contribution in [0.2, 0.25) is 0 Å². The minimum absolute atomic E-state index is 0.136. The van der Waals surface area contributed by atoms with E-state index >= 15 is 0 Å². The number of ketones is 1. The molecule has 0 saturated carbocycles. The van der Waals surface area contributed by atoms with E-state index in [2.05, 4.69) is 4.98 Å². The number of aromatic nitrogens is 1. The summed E-state index contributed by atoms with van der Waals surface area (Å²) < 4.78 is 27.2. The molecule has 2 heterocycles. The van der Waals surface area contributed by atoms with E-state index in [-0.39, 0.29) is 12.2 Å². The van der Waals surface area contributed by atoms with Crippen molar-refractivity contribution in [3.8, 4) is 17.2 Å². The van der Waals surface area contributed by atoms with E-state index in [1.54, 1.807) is 18.3 Å². The molecule has 1 saturated heterocycles. The van der Waals surface area contributed by atoms with Gasteiger partial charge in [-0.3, -0.25) is 14.6 Å². The van der Waals surface area contributed by atoms with Gasteiger partial charge in [-0.2, -0.15) is 5.26 Å². The Bertz CT molecular complexity index is 925. The molecule has 1 fully saturated rings. The van der Waals surface area contributed by atoms with Gasteiger partial charge in [-0.1, -0.05) is 37.3 Å². The Morgan fingerprint density at radius 1 is 1.32 bits per heavy atom. The van der Waals surface area contributed by atoms with Crippen molar-refractivity contribution >= 4 is 11.7 Å². The van der Waals surface area contributed by atoms with Crippen molar-refractivity contribution in [2.75, 3.05) is 6.54 Å². The summed E-state index contributed by atoms with van der Waals surface area (Å²) in [6, 6.07) is 11.4. The molecular formula is C21H19F2N3O2. The maximum absolute atomic E-state index is 13.6. The molecule has 0 radical (unpaired) electrons. The van der Waals surface area contributed by atoms with Crippen molar-refractivity contribution in [1.29, 1.82) is 5.26 Å². The van der Waals surface area contributed by atoms with E-state index in [1.165, 1.54) is 13.1 Å². The smallest absolute Gasteiger partial charge is 0.268 e. The van der Waals surface area contributed by atoms with Crippen LogP contribution in [-0.4, -0.2) is 40.1 Å². The van der Waals surface area contributed by atoms with E-state index in [4.69, 9.17) is 5.26 Å². The number of hydrogen-bond donors (Lipinski definition) is 0. The highest BCUT2D eigenvalue weighted by Gasteiger charge is 2.48. The quantitative estimate of drug-likeness (QED) is 0.738. The van der Waals surface area contributed by atoms with E-state index in [0.717, 1.165) is 10.5 Å². The minimum Gasteiger partial charge on any atom is -0.320 e. The van der Waals surface area contributed by atoms with Gasteiger partial charge in [0.05, 0.1) is 12.6 Å². The molecule has 3 rings (SSSR count). The zero-order valence-electron chi connectivity index (χ0n) is 15.3. The second kappa shape index (κ2) is 7.85. The van der Waals surface area contributed by atoms with Crippen molar-refractivity contribution in [2.45, 2.75) is 31.7 Å². The van der Waals surface area contributed by atoms with Crippen LogP contribution in [-0.2, 0) is 4.79 Å². The third-order valence-corrected chi connectivity index (χ3v) is 4.82. The average Bonchev–Trinajstić information content (AvgIpc) is 3.02. The van der Waals surface area contributed by atoms with Crippen molar-refractivity contribution in [3.05, 3.63) is 54.4 Å². The van der Waals surface area contributed by atoms with E-state index in [9.17, 15) is 18.4 Å². The first kappa shape index (κ1) is 19.6. The number of rotatable bonds is 5. The molecule has 7 heteroatoms. The van der Waals surface area contributed by atoms with Crippen molar-refractivity contribution < 1.29 is 18.4 Å². The molecule has 1 aromatic carbocycles. The van der Waals surface area contributed by atoms with Gasteiger partial charge in [0.2, 0.25) is 5.91 Å². The molecule has 28 heavy (non-hydrogen) atoms. The SMILES string of the molecule is C[C@@H](CC(=O)c1ccncc1-c1ccccc1)C(=O)N1CC(F)(F)C[C@H]1C#N. The number of carbonyl (C=O) groups excluding carboxylic acids is 2. The molecule has 0 bridgehead atoms. The van der Waals surface area contributed by atoms with Gasteiger partial charge >= 0.3 is 0 Å². The summed E-state index contributed by atoms with van der Waals surface area (Å²) in [5, 5.41) is 9.07. The molecule has 2 atom stereocenters. The summed E-state index contributed by atoms with van der Waals surface area (Å²) in [6.45, 7) is 0.738. The van der Waals surface area contributed by atoms with Gasteiger partial charge in [0, 0.05) is 42.3 Å². The van der Waals surface area contributed by atoms with Crippen LogP contribution in [0.25, 0.3) is 11.1 Å². The predicted molar refractivity (Wildman–Crippen MR) is 98.5 cm³/mol. The Kier molecular flexibility index (Phi) is 5.50. The Balaban J connectivity index is 1.77. The van der Waals surface area contributed by atoms with Crippen LogP contribution in [0.5, 0.6) is 0 Å². The third-order valence-electron chi connectivity index (χ3n) is 4.82. The fourth-order valence-corrected chi connectivity index (χ4v) is 3.41. The molecule has 1 aromatic heterocycles. The second-order valence-corrected chi connectivity index (χ2v) is 6.99. The highest BCUT2D eigenvalue weighted by molar-refractivity contribution is 6.03. The summed E-state index contributed by atoms with van der Waals surface area (Å²) in [7, 11) is 0. The highest BCUT2D eigenvalue weighted by atomic mass is 19.3. The van der Waals surface area contributed by atoms with Crippen LogP contribution in [0.4, 0.5) is 8.78 Å². The van der Waals surface area contributed by atoms with Gasteiger partial charge in [-0.05, 0) is 11.6 Å². The topological polar surface area (TPSA) is 74.1 Å². The summed E-state index contributed by atoms with van der Waals surface area (Å²) in [4.78, 5) is 30.4. The summed E-state index contributed by atoms with van der Waals surface area (Å²) in [5.41, 5.74) is 1.89. The number of halogens is 2. The summed E-state index contributed by atoms with van der Waals surface area (Å²) >= 11 is 0.